The van der Waals surface area contributed by atoms with Gasteiger partial charge in [-0.15, -0.1) is 0 Å². The molecule has 56 nitrogen and oxygen atoms in total. The molecule has 8 unspecified atom stereocenters. The number of nitrogen functional groups attached to an aromatic ring is 2. The fourth-order valence-electron chi connectivity index (χ4n) is 13.7. The first-order chi connectivity index (χ1) is 67.4. The number of unbranched alkanes of at least 4 members (excludes halogenated alkanes) is 4. The molecular formula is C77H104N16O40P6S4. The SMILES string of the molecule is Nc1ncnc2c1c(C#CCNC(=O)CCSSCC(N)C(=O)NCCCCCC(=O)NC(CCC(=O)O)C(=O)O)cn2[C@H]1C[C@@H](O)[C@@H](COP(=O)(O)OP(=O)(O)OP(=O)(O)O)O1.Nc1ncnc2c1c(C#CCNC(=O)CCSSCC(NC(=O)OCC1c3ccccc3-c3ccccc31)C(=O)NCCCCCC(=O)NC(CCC(=O)O)C(=O)O)cn2[C@H]1C[C@@H](O)[C@@H](COP(=O)(O)OP(=O)(O)OP(=O)(O)O)O1. The summed E-state index contributed by atoms with van der Waals surface area (Å²) in [5, 5.41) is 76.0. The van der Waals surface area contributed by atoms with E-state index in [-0.39, 0.29) is 136 Å². The number of carboxylic acid groups (broad SMARTS) is 4. The van der Waals surface area contributed by atoms with Crippen molar-refractivity contribution in [1.29, 1.82) is 0 Å². The van der Waals surface area contributed by atoms with E-state index in [4.69, 9.17) is 66.3 Å². The maximum Gasteiger partial charge on any atom is 0.490 e. The van der Waals surface area contributed by atoms with Gasteiger partial charge in [-0.3, -0.25) is 47.4 Å². The number of aromatic nitrogens is 6. The highest BCUT2D eigenvalue weighted by Gasteiger charge is 2.46. The average molecular weight is 2210 g/mol. The van der Waals surface area contributed by atoms with Gasteiger partial charge in [0.05, 0.1) is 66.5 Å². The molecule has 2 saturated heterocycles. The molecule has 6 heterocycles. The number of carboxylic acids is 4. The second-order valence-electron chi connectivity index (χ2n) is 30.9. The number of carbonyl (C=O) groups excluding carboxylic acids is 7. The molecule has 143 heavy (non-hydrogen) atoms. The molecule has 2 aromatic carbocycles. The number of aliphatic carboxylic acids is 4. The van der Waals surface area contributed by atoms with Gasteiger partial charge < -0.3 is 148 Å². The van der Waals surface area contributed by atoms with Crippen molar-refractivity contribution < 1.29 is 190 Å². The number of hydrogen-bond acceptors (Lipinski definition) is 39. The number of alkyl carbamates (subject to hydrolysis) is 1. The number of fused-ring (bicyclic) bond motifs is 5. The number of nitrogens with one attached hydrogen (secondary N) is 7. The number of benzene rings is 2. The summed E-state index contributed by atoms with van der Waals surface area (Å²) in [6.45, 7) is -1.47. The number of nitrogens with two attached hydrogens (primary N) is 3. The molecule has 2 aliphatic heterocycles. The van der Waals surface area contributed by atoms with Gasteiger partial charge in [-0.1, -0.05) is 128 Å². The van der Waals surface area contributed by atoms with Crippen molar-refractivity contribution in [2.24, 2.45) is 5.73 Å². The molecule has 0 saturated carbocycles. The fraction of sp³-hybridized carbons (Fsp3) is 0.494. The molecule has 1 aliphatic carbocycles. The van der Waals surface area contributed by atoms with Gasteiger partial charge in [0.25, 0.3) is 0 Å². The smallest absolute Gasteiger partial charge is 0.481 e. The third-order valence-corrected chi connectivity index (χ3v) is 32.7. The van der Waals surface area contributed by atoms with Crippen LogP contribution in [-0.4, -0.2) is 282 Å². The molecule has 27 N–H and O–H groups in total. The van der Waals surface area contributed by atoms with Gasteiger partial charge in [-0.25, -0.2) is 61.7 Å². The van der Waals surface area contributed by atoms with Gasteiger partial charge in [0.15, 0.2) is 0 Å². The van der Waals surface area contributed by atoms with Crippen molar-refractivity contribution >= 4 is 189 Å². The summed E-state index contributed by atoms with van der Waals surface area (Å²) < 4.78 is 114. The van der Waals surface area contributed by atoms with E-state index in [0.717, 1.165) is 28.6 Å². The highest BCUT2D eigenvalue weighted by atomic mass is 33.1. The van der Waals surface area contributed by atoms with E-state index in [1.54, 1.807) is 0 Å². The molecule has 6 aromatic rings. The highest BCUT2D eigenvalue weighted by molar-refractivity contribution is 8.77. The van der Waals surface area contributed by atoms with E-state index in [1.165, 1.54) is 71.0 Å². The lowest BCUT2D eigenvalue weighted by atomic mass is 9.98. The Bertz CT molecular complexity index is 5920. The van der Waals surface area contributed by atoms with E-state index in [0.29, 0.717) is 78.5 Å². The number of hydrogen-bond donors (Lipinski definition) is 24. The minimum Gasteiger partial charge on any atom is -0.481 e. The molecule has 7 amide bonds. The Balaban J connectivity index is 0.000000360. The summed E-state index contributed by atoms with van der Waals surface area (Å²) in [6.07, 6.45) is -1.43. The standard InChI is InChI=1S/C46H57N8O21P3S2.C31H47N8O19P3S2/c47-42-41-27(22-54(43(41)51-26-50-42)39-21-35(55)36(73-39)24-72-77(67,68)75-78(69,70)74-76(64,65)66)9-8-19-48-37(56)17-20-79-80-25-34(44(60)49-18-7-1-2-14-38(57)52-33(45(61)62)15-16-40(58)59)53-46(63)71-23-32-30-12-5-3-10-28(30)29-11-4-6-13-31(29)32;32-19(30(45)35-10-3-1-2-6-24(42)38-20(31(46)47)7-8-26(43)44)16-63-62-12-9-23(41)34-11-4-5-18-14-39(29-27(18)28(33)36-17-37-29)25-13-21(40)22(56-25)15-55-60(51,52)58-61(53,54)57-59(48,49)50/h3-6,10-13,22,26,32-36,39,55H,1-2,7,14-21,23-25H2,(H,48,56)(H,49,60)(H,52,57)(H,53,63)(H,58,59)(H,61,62)(H,67,68)(H,69,70)(H2,47,50,51)(H2,64,65,66);14,17,19-22,25,40H,1-3,6-13,15-16,32H2,(H,34,41)(H,35,45)(H,38,42)(H,43,44)(H,46,47)(H,51,52)(H,53,54)(H2,33,36,37)(H2,48,49,50)/t33?,34?,35-,36-,39-;19?,20?,21-,22-,25-/m11/s1. The number of ether oxygens (including phenoxy) is 3. The molecule has 14 atom stereocenters. The first kappa shape index (κ1) is 119. The summed E-state index contributed by atoms with van der Waals surface area (Å²) in [5.41, 5.74) is 23.4. The number of phosphoric acid groups is 6. The van der Waals surface area contributed by atoms with Crippen LogP contribution in [-0.2, 0) is 116 Å². The van der Waals surface area contributed by atoms with E-state index < -0.39 is 182 Å². The zero-order valence-electron chi connectivity index (χ0n) is 75.0. The third-order valence-electron chi connectivity index (χ3n) is 20.2. The number of carbonyl (C=O) groups is 11. The van der Waals surface area contributed by atoms with Gasteiger partial charge in [0.2, 0.25) is 35.4 Å². The lowest BCUT2D eigenvalue weighted by molar-refractivity contribution is -0.144. The zero-order valence-corrected chi connectivity index (χ0v) is 83.6. The first-order valence-electron chi connectivity index (χ1n) is 42.7. The van der Waals surface area contributed by atoms with Gasteiger partial charge >= 0.3 is 76.9 Å². The minimum absolute atomic E-state index is 0.00452. The number of anilines is 2. The van der Waals surface area contributed by atoms with Crippen molar-refractivity contribution in [3.05, 3.63) is 95.8 Å². The lowest BCUT2D eigenvalue weighted by Gasteiger charge is -2.19. The van der Waals surface area contributed by atoms with Crippen LogP contribution in [0.1, 0.15) is 143 Å². The summed E-state index contributed by atoms with van der Waals surface area (Å²) >= 11 is 0. The Morgan fingerprint density at radius 1 is 0.476 bits per heavy atom. The number of aliphatic hydroxyl groups is 2. The Kier molecular flexibility index (Phi) is 46.7. The van der Waals surface area contributed by atoms with Gasteiger partial charge in [0, 0.05) is 106 Å². The van der Waals surface area contributed by atoms with Crippen molar-refractivity contribution in [3.63, 3.8) is 0 Å². The predicted octanol–water partition coefficient (Wildman–Crippen LogP) is 2.95. The van der Waals surface area contributed by atoms with E-state index >= 15 is 0 Å². The van der Waals surface area contributed by atoms with Crippen molar-refractivity contribution in [1.82, 2.24) is 66.3 Å². The molecule has 66 heteroatoms. The zero-order chi connectivity index (χ0) is 105. The van der Waals surface area contributed by atoms with E-state index in [9.17, 15) is 115 Å². The first-order valence-corrected chi connectivity index (χ1v) is 56.7. The van der Waals surface area contributed by atoms with Crippen LogP contribution in [0.4, 0.5) is 16.4 Å². The number of amides is 7. The molecule has 9 rings (SSSR count). The van der Waals surface area contributed by atoms with E-state index in [1.807, 2.05) is 48.5 Å². The Morgan fingerprint density at radius 3 is 1.30 bits per heavy atom. The molecule has 3 aliphatic rings. The quantitative estimate of drug-likeness (QED) is 0.0113. The second-order valence-corrected chi connectivity index (χ2v) is 45.0. The van der Waals surface area contributed by atoms with Gasteiger partial charge in [0.1, 0.15) is 85.0 Å². The maximum atomic E-state index is 13.5. The molecular weight excluding hydrogens is 2100 g/mol. The molecule has 2 fully saturated rings. The van der Waals surface area contributed by atoms with Crippen LogP contribution in [0.25, 0.3) is 33.2 Å². The van der Waals surface area contributed by atoms with Crippen molar-refractivity contribution in [2.75, 3.05) is 80.5 Å². The van der Waals surface area contributed by atoms with Crippen LogP contribution in [0.15, 0.2) is 73.6 Å². The Morgan fingerprint density at radius 2 is 0.888 bits per heavy atom. The normalized spacial score (nSPS) is 18.5. The molecule has 786 valence electrons. The molecule has 4 aromatic heterocycles. The minimum atomic E-state index is -5.78. The Hall–Kier alpha value is -9.61. The third kappa shape index (κ3) is 40.6. The molecule has 0 radical (unpaired) electrons. The van der Waals surface area contributed by atoms with Crippen LogP contribution in [0.5, 0.6) is 0 Å². The summed E-state index contributed by atoms with van der Waals surface area (Å²) in [6, 6.07) is 11.1. The summed E-state index contributed by atoms with van der Waals surface area (Å²) in [7, 11) is -28.6. The van der Waals surface area contributed by atoms with Crippen LogP contribution in [0.3, 0.4) is 0 Å². The Labute approximate surface area is 827 Å². The maximum absolute atomic E-state index is 13.5. The van der Waals surface area contributed by atoms with E-state index in [2.05, 4.69) is 107 Å². The van der Waals surface area contributed by atoms with Crippen molar-refractivity contribution in [2.45, 2.75) is 170 Å². The number of rotatable bonds is 57. The molecule has 0 spiro atoms. The second kappa shape index (κ2) is 56.4. The van der Waals surface area contributed by atoms with Crippen LogP contribution < -0.4 is 54.4 Å². The van der Waals surface area contributed by atoms with Gasteiger partial charge in [-0.2, -0.15) is 17.2 Å². The summed E-state index contributed by atoms with van der Waals surface area (Å²) in [4.78, 5) is 222. The van der Waals surface area contributed by atoms with Gasteiger partial charge in [-0.05, 0) is 60.8 Å². The topological polar surface area (TPSA) is 880 Å². The fourth-order valence-corrected chi connectivity index (χ4v) is 24.0. The van der Waals surface area contributed by atoms with Crippen LogP contribution >= 0.6 is 90.1 Å². The predicted molar refractivity (Wildman–Crippen MR) is 507 cm³/mol. The average Bonchev–Trinajstić information content (AvgIpc) is 1.62. The van der Waals surface area contributed by atoms with Crippen molar-refractivity contribution in [3.8, 4) is 34.8 Å². The van der Waals surface area contributed by atoms with Crippen LogP contribution in [0, 0.1) is 23.7 Å². The van der Waals surface area contributed by atoms with Crippen LogP contribution in [0.2, 0.25) is 0 Å². The number of aliphatic hydroxyl groups excluding tert-OH is 2. The number of nitrogens with zero attached hydrogens (tertiary/aromatic N) is 6. The molecule has 0 bridgehead atoms. The highest BCUT2D eigenvalue weighted by Crippen LogP contribution is 2.68. The number of phosphoric ester groups is 2. The largest absolute Gasteiger partial charge is 0.490 e. The summed E-state index contributed by atoms with van der Waals surface area (Å²) in [5.74, 6) is 4.64. The monoisotopic (exact) mass is 2210 g/mol. The lowest BCUT2D eigenvalue weighted by Crippen LogP contribution is -2.48.